The number of carbonyl (C=O) groups excluding carboxylic acids is 1. The summed E-state index contributed by atoms with van der Waals surface area (Å²) in [5, 5.41) is 3.59. The van der Waals surface area contributed by atoms with E-state index in [9.17, 15) is 4.79 Å². The molecule has 0 radical (unpaired) electrons. The summed E-state index contributed by atoms with van der Waals surface area (Å²) in [4.78, 5) is 14.9. The molecular formula is C15H21N3O3. The van der Waals surface area contributed by atoms with Crippen molar-refractivity contribution < 1.29 is 14.3 Å². The lowest BCUT2D eigenvalue weighted by atomic mass is 9.81. The van der Waals surface area contributed by atoms with Crippen LogP contribution in [-0.4, -0.2) is 30.3 Å². The van der Waals surface area contributed by atoms with Gasteiger partial charge >= 0.3 is 5.97 Å². The molecule has 114 valence electrons. The summed E-state index contributed by atoms with van der Waals surface area (Å²) in [7, 11) is 0. The van der Waals surface area contributed by atoms with Crippen LogP contribution in [0.5, 0.6) is 0 Å². The van der Waals surface area contributed by atoms with Crippen molar-refractivity contribution in [3.63, 3.8) is 0 Å². The Morgan fingerprint density at radius 2 is 2.38 bits per heavy atom. The summed E-state index contributed by atoms with van der Waals surface area (Å²) in [6.07, 6.45) is 5.86. The van der Waals surface area contributed by atoms with Crippen LogP contribution in [-0.2, 0) is 14.3 Å². The molecule has 5 atom stereocenters. The minimum Gasteiger partial charge on any atom is -0.459 e. The molecule has 2 saturated heterocycles. The molecule has 0 amide bonds. The molecule has 21 heavy (non-hydrogen) atoms. The van der Waals surface area contributed by atoms with Crippen LogP contribution in [0.4, 0.5) is 0 Å². The van der Waals surface area contributed by atoms with E-state index in [0.29, 0.717) is 0 Å². The molecule has 0 N–H and O–H groups in total. The van der Waals surface area contributed by atoms with Crippen LogP contribution in [0.15, 0.2) is 16.8 Å². The average Bonchev–Trinajstić information content (AvgIpc) is 3.00. The zero-order valence-electron chi connectivity index (χ0n) is 12.5. The Morgan fingerprint density at radius 1 is 1.57 bits per heavy atom. The van der Waals surface area contributed by atoms with Crippen molar-refractivity contribution in [3.8, 4) is 0 Å². The number of carbonyl (C=O) groups is 1. The highest BCUT2D eigenvalue weighted by Gasteiger charge is 2.62. The number of fused-ring (bicyclic) bond motifs is 3. The van der Waals surface area contributed by atoms with Gasteiger partial charge in [-0.05, 0) is 45.1 Å². The van der Waals surface area contributed by atoms with Gasteiger partial charge < -0.3 is 9.47 Å². The van der Waals surface area contributed by atoms with Crippen molar-refractivity contribution in [2.24, 2.45) is 17.0 Å². The van der Waals surface area contributed by atoms with Crippen molar-refractivity contribution in [2.45, 2.75) is 57.3 Å². The Bertz CT molecular complexity index is 526. The van der Waals surface area contributed by atoms with Gasteiger partial charge in [-0.2, -0.15) is 0 Å². The van der Waals surface area contributed by atoms with Crippen LogP contribution in [0, 0.1) is 11.8 Å². The average molecular weight is 291 g/mol. The quantitative estimate of drug-likeness (QED) is 0.195. The molecule has 0 spiro atoms. The largest absolute Gasteiger partial charge is 0.459 e. The van der Waals surface area contributed by atoms with Crippen LogP contribution in [0.3, 0.4) is 0 Å². The van der Waals surface area contributed by atoms with Gasteiger partial charge in [0.1, 0.15) is 12.2 Å². The van der Waals surface area contributed by atoms with Gasteiger partial charge in [-0.25, -0.2) is 0 Å². The molecule has 6 heteroatoms. The number of epoxide rings is 1. The van der Waals surface area contributed by atoms with Crippen molar-refractivity contribution >= 4 is 5.97 Å². The summed E-state index contributed by atoms with van der Waals surface area (Å²) in [5.41, 5.74) is 9.68. The van der Waals surface area contributed by atoms with Gasteiger partial charge in [0.15, 0.2) is 0 Å². The van der Waals surface area contributed by atoms with Crippen molar-refractivity contribution in [2.75, 3.05) is 6.54 Å². The van der Waals surface area contributed by atoms with E-state index in [1.165, 1.54) is 5.57 Å². The molecule has 0 unspecified atom stereocenters. The number of nitrogens with zero attached hydrogens (tertiary/aromatic N) is 3. The van der Waals surface area contributed by atoms with Gasteiger partial charge in [-0.15, -0.1) is 0 Å². The fraction of sp³-hybridized carbons (Fsp3) is 0.800. The number of allylic oxidation sites excluding steroid dienone is 2. The Balaban J connectivity index is 1.84. The first-order valence-corrected chi connectivity index (χ1v) is 7.60. The van der Waals surface area contributed by atoms with E-state index in [-0.39, 0.29) is 42.2 Å². The normalized spacial score (nSPS) is 42.0. The number of azide groups is 1. The number of rotatable bonds is 2. The molecule has 0 aromatic rings. The number of hydrogen-bond acceptors (Lipinski definition) is 4. The molecule has 2 aliphatic heterocycles. The van der Waals surface area contributed by atoms with E-state index in [1.807, 2.05) is 0 Å². The van der Waals surface area contributed by atoms with E-state index in [0.717, 1.165) is 25.7 Å². The molecule has 0 bridgehead atoms. The highest BCUT2D eigenvalue weighted by Crippen LogP contribution is 2.50. The van der Waals surface area contributed by atoms with Gasteiger partial charge in [0.05, 0.1) is 11.5 Å². The van der Waals surface area contributed by atoms with Crippen LogP contribution in [0.2, 0.25) is 0 Å². The Labute approximate surface area is 124 Å². The van der Waals surface area contributed by atoms with Gasteiger partial charge in [0.2, 0.25) is 0 Å². The second kappa shape index (κ2) is 5.35. The van der Waals surface area contributed by atoms with Crippen LogP contribution in [0.1, 0.15) is 39.5 Å². The Morgan fingerprint density at radius 3 is 3.14 bits per heavy atom. The minimum atomic E-state index is -0.327. The third kappa shape index (κ3) is 2.65. The van der Waals surface area contributed by atoms with Crippen molar-refractivity contribution in [1.82, 2.24) is 0 Å². The number of hydrogen-bond donors (Lipinski definition) is 0. The maximum Gasteiger partial charge on any atom is 0.309 e. The molecule has 2 fully saturated rings. The second-order valence-electron chi connectivity index (χ2n) is 6.56. The molecule has 2 heterocycles. The van der Waals surface area contributed by atoms with Crippen LogP contribution in [0.25, 0.3) is 10.4 Å². The maximum atomic E-state index is 12.1. The highest BCUT2D eigenvalue weighted by atomic mass is 16.6. The first-order chi connectivity index (χ1) is 10.0. The van der Waals surface area contributed by atoms with Crippen molar-refractivity contribution in [1.29, 1.82) is 0 Å². The summed E-state index contributed by atoms with van der Waals surface area (Å²) in [6, 6.07) is 0. The Kier molecular flexibility index (Phi) is 3.68. The lowest BCUT2D eigenvalue weighted by molar-refractivity contribution is -0.144. The van der Waals surface area contributed by atoms with E-state index in [1.54, 1.807) is 0 Å². The Hall–Kier alpha value is -1.52. The van der Waals surface area contributed by atoms with E-state index < -0.39 is 0 Å². The molecule has 0 saturated carbocycles. The minimum absolute atomic E-state index is 0.00526. The SMILES string of the molecule is CC1=CCC[C@@]2(C)O[C@@H]2[C@H]2OC(=O)[C@@H](CN=[N+]=[N-])[C@@H]2CC1. The lowest BCUT2D eigenvalue weighted by Crippen LogP contribution is -2.31. The standard InChI is InChI=1S/C15H21N3O3/c1-9-4-3-7-15(2)13(21-15)12-10(6-5-9)11(8-17-18-16)14(19)20-12/h4,10-13H,3,5-8H2,1-2H3/t10-,11-,12-,13+,15+/m0/s1. The summed E-state index contributed by atoms with van der Waals surface area (Å²) in [6.45, 7) is 4.40. The monoisotopic (exact) mass is 291 g/mol. The number of ether oxygens (including phenoxy) is 2. The molecule has 3 aliphatic rings. The van der Waals surface area contributed by atoms with E-state index >= 15 is 0 Å². The second-order valence-corrected chi connectivity index (χ2v) is 6.56. The van der Waals surface area contributed by atoms with E-state index in [4.69, 9.17) is 15.0 Å². The third-order valence-electron chi connectivity index (χ3n) is 5.08. The highest BCUT2D eigenvalue weighted by molar-refractivity contribution is 5.75. The molecule has 0 aromatic carbocycles. The van der Waals surface area contributed by atoms with Crippen LogP contribution >= 0.6 is 0 Å². The van der Waals surface area contributed by atoms with Crippen LogP contribution < -0.4 is 0 Å². The zero-order chi connectivity index (χ0) is 15.0. The van der Waals surface area contributed by atoms with Gasteiger partial charge in [0, 0.05) is 17.4 Å². The summed E-state index contributed by atoms with van der Waals surface area (Å²) in [5.74, 6) is -0.487. The van der Waals surface area contributed by atoms with Gasteiger partial charge in [0.25, 0.3) is 0 Å². The topological polar surface area (TPSA) is 87.6 Å². The molecule has 6 nitrogen and oxygen atoms in total. The first-order valence-electron chi connectivity index (χ1n) is 7.60. The summed E-state index contributed by atoms with van der Waals surface area (Å²) >= 11 is 0. The zero-order valence-corrected chi connectivity index (χ0v) is 12.5. The first kappa shape index (κ1) is 14.4. The van der Waals surface area contributed by atoms with Gasteiger partial charge in [-0.1, -0.05) is 16.8 Å². The fourth-order valence-corrected chi connectivity index (χ4v) is 3.67. The van der Waals surface area contributed by atoms with Gasteiger partial charge in [-0.3, -0.25) is 4.79 Å². The molecular weight excluding hydrogens is 270 g/mol. The van der Waals surface area contributed by atoms with E-state index in [2.05, 4.69) is 29.9 Å². The molecule has 0 aromatic heterocycles. The summed E-state index contributed by atoms with van der Waals surface area (Å²) < 4.78 is 11.5. The van der Waals surface area contributed by atoms with Crippen molar-refractivity contribution in [3.05, 3.63) is 22.1 Å². The third-order valence-corrected chi connectivity index (χ3v) is 5.08. The fourth-order valence-electron chi connectivity index (χ4n) is 3.67. The predicted octanol–water partition coefficient (Wildman–Crippen LogP) is 3.13. The smallest absolute Gasteiger partial charge is 0.309 e. The maximum absolute atomic E-state index is 12.1. The number of esters is 1. The predicted molar refractivity (Wildman–Crippen MR) is 76.4 cm³/mol. The lowest BCUT2D eigenvalue weighted by Gasteiger charge is -2.21. The molecule has 3 rings (SSSR count). The molecule has 1 aliphatic carbocycles.